The maximum absolute atomic E-state index is 6.01. The lowest BCUT2D eigenvalue weighted by molar-refractivity contribution is 0.386. The van der Waals surface area contributed by atoms with E-state index in [-0.39, 0.29) is 0 Å². The summed E-state index contributed by atoms with van der Waals surface area (Å²) in [6.07, 6.45) is 0. The Labute approximate surface area is 118 Å². The third-order valence-corrected chi connectivity index (χ3v) is 3.41. The molecule has 0 aliphatic heterocycles. The third-order valence-electron chi connectivity index (χ3n) is 2.69. The molecule has 0 atom stereocenters. The first-order chi connectivity index (χ1) is 9.04. The van der Waals surface area contributed by atoms with Crippen LogP contribution in [0.15, 0.2) is 16.7 Å². The largest absolute Gasteiger partial charge is 0.369 e. The smallest absolute Gasteiger partial charge is 0.223 e. The minimum atomic E-state index is 0.343. The second-order valence-electron chi connectivity index (χ2n) is 4.04. The highest BCUT2D eigenvalue weighted by molar-refractivity contribution is 6.42. The molecule has 1 aromatic carbocycles. The number of imidazole rings is 1. The van der Waals surface area contributed by atoms with E-state index < -0.39 is 0 Å². The van der Waals surface area contributed by atoms with Crippen molar-refractivity contribution in [2.75, 3.05) is 5.73 Å². The van der Waals surface area contributed by atoms with E-state index in [1.54, 1.807) is 23.6 Å². The van der Waals surface area contributed by atoms with Gasteiger partial charge < -0.3 is 14.8 Å². The fraction of sp³-hybridized carbons (Fsp3) is 0.182. The SMILES string of the molecule is Cc1nc(Cn2c(N)nc3cc(Cl)c(Cl)cc32)no1. The molecule has 0 amide bonds. The summed E-state index contributed by atoms with van der Waals surface area (Å²) in [7, 11) is 0. The highest BCUT2D eigenvalue weighted by Crippen LogP contribution is 2.29. The first kappa shape index (κ1) is 12.3. The van der Waals surface area contributed by atoms with Crippen molar-refractivity contribution in [1.82, 2.24) is 19.7 Å². The van der Waals surface area contributed by atoms with Crippen LogP contribution in [0.3, 0.4) is 0 Å². The van der Waals surface area contributed by atoms with E-state index >= 15 is 0 Å². The fourth-order valence-corrected chi connectivity index (χ4v) is 2.17. The standard InChI is InChI=1S/C11H9Cl2N5O/c1-5-15-10(17-19-5)4-18-9-3-7(13)6(12)2-8(9)16-11(18)14/h2-3H,4H2,1H3,(H2,14,16). The summed E-state index contributed by atoms with van der Waals surface area (Å²) in [4.78, 5) is 8.36. The number of nitrogen functional groups attached to an aromatic ring is 1. The van der Waals surface area contributed by atoms with E-state index in [1.165, 1.54) is 0 Å². The lowest BCUT2D eigenvalue weighted by Gasteiger charge is -2.03. The Kier molecular flexibility index (Phi) is 2.83. The summed E-state index contributed by atoms with van der Waals surface area (Å²) < 4.78 is 6.68. The van der Waals surface area contributed by atoms with Crippen LogP contribution in [-0.2, 0) is 6.54 Å². The molecule has 2 aromatic heterocycles. The molecule has 3 rings (SSSR count). The molecule has 6 nitrogen and oxygen atoms in total. The molecule has 0 fully saturated rings. The van der Waals surface area contributed by atoms with Crippen LogP contribution in [0.5, 0.6) is 0 Å². The second-order valence-corrected chi connectivity index (χ2v) is 4.86. The third kappa shape index (κ3) is 2.13. The summed E-state index contributed by atoms with van der Waals surface area (Å²) in [6, 6.07) is 3.39. The van der Waals surface area contributed by atoms with Gasteiger partial charge in [-0.25, -0.2) is 4.98 Å². The van der Waals surface area contributed by atoms with E-state index in [0.717, 1.165) is 5.52 Å². The van der Waals surface area contributed by atoms with Gasteiger partial charge in [0.1, 0.15) is 0 Å². The van der Waals surface area contributed by atoms with Crippen LogP contribution in [0.25, 0.3) is 11.0 Å². The van der Waals surface area contributed by atoms with E-state index in [0.29, 0.717) is 39.8 Å². The average Bonchev–Trinajstić information content (AvgIpc) is 2.87. The minimum Gasteiger partial charge on any atom is -0.369 e. The Balaban J connectivity index is 2.12. The molecule has 0 aliphatic rings. The molecule has 0 saturated carbocycles. The summed E-state index contributed by atoms with van der Waals surface area (Å²) in [5, 5.41) is 4.71. The predicted molar refractivity (Wildman–Crippen MR) is 72.3 cm³/mol. The Hall–Kier alpha value is -1.79. The Morgan fingerprint density at radius 1 is 1.26 bits per heavy atom. The van der Waals surface area contributed by atoms with Crippen LogP contribution >= 0.6 is 23.2 Å². The molecule has 0 unspecified atom stereocenters. The molecule has 2 N–H and O–H groups in total. The molecule has 0 aliphatic carbocycles. The Morgan fingerprint density at radius 2 is 2.00 bits per heavy atom. The first-order valence-corrected chi connectivity index (χ1v) is 6.20. The lowest BCUT2D eigenvalue weighted by atomic mass is 10.3. The normalized spacial score (nSPS) is 11.3. The molecular weight excluding hydrogens is 289 g/mol. The highest BCUT2D eigenvalue weighted by Gasteiger charge is 2.13. The summed E-state index contributed by atoms with van der Waals surface area (Å²) in [5.74, 6) is 1.37. The van der Waals surface area contributed by atoms with Gasteiger partial charge in [-0.2, -0.15) is 4.98 Å². The Bertz CT molecular complexity index is 764. The van der Waals surface area contributed by atoms with Crippen molar-refractivity contribution < 1.29 is 4.52 Å². The maximum atomic E-state index is 6.01. The number of nitrogens with zero attached hydrogens (tertiary/aromatic N) is 4. The van der Waals surface area contributed by atoms with Gasteiger partial charge in [0.25, 0.3) is 0 Å². The van der Waals surface area contributed by atoms with Crippen LogP contribution in [0.4, 0.5) is 5.95 Å². The maximum Gasteiger partial charge on any atom is 0.223 e. The molecule has 3 aromatic rings. The summed E-state index contributed by atoms with van der Waals surface area (Å²) >= 11 is 12.0. The van der Waals surface area contributed by atoms with Crippen LogP contribution in [-0.4, -0.2) is 19.7 Å². The number of anilines is 1. The van der Waals surface area contributed by atoms with E-state index in [2.05, 4.69) is 15.1 Å². The number of halogens is 2. The molecule has 19 heavy (non-hydrogen) atoms. The Morgan fingerprint density at radius 3 is 2.68 bits per heavy atom. The quantitative estimate of drug-likeness (QED) is 0.786. The molecule has 0 bridgehead atoms. The number of hydrogen-bond donors (Lipinski definition) is 1. The fourth-order valence-electron chi connectivity index (χ4n) is 1.85. The topological polar surface area (TPSA) is 82.8 Å². The number of hydrogen-bond acceptors (Lipinski definition) is 5. The van der Waals surface area contributed by atoms with Gasteiger partial charge in [0, 0.05) is 6.92 Å². The zero-order chi connectivity index (χ0) is 13.6. The van der Waals surface area contributed by atoms with Gasteiger partial charge in [-0.05, 0) is 12.1 Å². The van der Waals surface area contributed by atoms with Crippen LogP contribution < -0.4 is 5.73 Å². The predicted octanol–water partition coefficient (Wildman–Crippen LogP) is 2.67. The molecule has 8 heteroatoms. The van der Waals surface area contributed by atoms with E-state index in [1.807, 2.05) is 0 Å². The number of benzene rings is 1. The van der Waals surface area contributed by atoms with Crippen molar-refractivity contribution in [1.29, 1.82) is 0 Å². The lowest BCUT2D eigenvalue weighted by Crippen LogP contribution is -2.05. The van der Waals surface area contributed by atoms with E-state index in [9.17, 15) is 0 Å². The number of aromatic nitrogens is 4. The molecule has 0 spiro atoms. The van der Waals surface area contributed by atoms with Gasteiger partial charge >= 0.3 is 0 Å². The van der Waals surface area contributed by atoms with Gasteiger partial charge in [-0.1, -0.05) is 28.4 Å². The van der Waals surface area contributed by atoms with Crippen molar-refractivity contribution in [2.45, 2.75) is 13.5 Å². The first-order valence-electron chi connectivity index (χ1n) is 5.44. The van der Waals surface area contributed by atoms with Gasteiger partial charge in [-0.3, -0.25) is 0 Å². The zero-order valence-corrected chi connectivity index (χ0v) is 11.4. The van der Waals surface area contributed by atoms with Crippen LogP contribution in [0.1, 0.15) is 11.7 Å². The molecule has 2 heterocycles. The van der Waals surface area contributed by atoms with E-state index in [4.69, 9.17) is 33.5 Å². The van der Waals surface area contributed by atoms with Gasteiger partial charge in [-0.15, -0.1) is 0 Å². The van der Waals surface area contributed by atoms with Gasteiger partial charge in [0.05, 0.1) is 27.6 Å². The minimum absolute atomic E-state index is 0.343. The van der Waals surface area contributed by atoms with Crippen molar-refractivity contribution in [3.8, 4) is 0 Å². The number of aryl methyl sites for hydroxylation is 1. The molecule has 0 radical (unpaired) electrons. The molecule has 0 saturated heterocycles. The number of nitrogens with two attached hydrogens (primary N) is 1. The highest BCUT2D eigenvalue weighted by atomic mass is 35.5. The second kappa shape index (κ2) is 4.40. The summed E-state index contributed by atoms with van der Waals surface area (Å²) in [5.41, 5.74) is 7.33. The average molecular weight is 298 g/mol. The number of fused-ring (bicyclic) bond motifs is 1. The molecular formula is C11H9Cl2N5O. The zero-order valence-electron chi connectivity index (χ0n) is 9.89. The molecule has 98 valence electrons. The summed E-state index contributed by atoms with van der Waals surface area (Å²) in [6.45, 7) is 2.08. The monoisotopic (exact) mass is 297 g/mol. The van der Waals surface area contributed by atoms with Crippen molar-refractivity contribution in [2.24, 2.45) is 0 Å². The van der Waals surface area contributed by atoms with Crippen LogP contribution in [0, 0.1) is 6.92 Å². The van der Waals surface area contributed by atoms with Crippen molar-refractivity contribution in [3.63, 3.8) is 0 Å². The number of rotatable bonds is 2. The van der Waals surface area contributed by atoms with Gasteiger partial charge in [0.15, 0.2) is 5.82 Å². The van der Waals surface area contributed by atoms with Crippen LogP contribution in [0.2, 0.25) is 10.0 Å². The van der Waals surface area contributed by atoms with Crippen molar-refractivity contribution in [3.05, 3.63) is 33.9 Å². The van der Waals surface area contributed by atoms with Crippen molar-refractivity contribution >= 4 is 40.2 Å². The van der Waals surface area contributed by atoms with Gasteiger partial charge in [0.2, 0.25) is 11.8 Å².